The summed E-state index contributed by atoms with van der Waals surface area (Å²) >= 11 is 12.5. The molecular formula is C16H13Cl2N3. The van der Waals surface area contributed by atoms with Crippen LogP contribution in [0.15, 0.2) is 61.2 Å². The van der Waals surface area contributed by atoms with E-state index in [-0.39, 0.29) is 0 Å². The first-order valence-corrected chi connectivity index (χ1v) is 7.25. The van der Waals surface area contributed by atoms with Gasteiger partial charge in [-0.15, -0.1) is 0 Å². The van der Waals surface area contributed by atoms with Crippen LogP contribution >= 0.6 is 23.2 Å². The fraction of sp³-hybridized carbons (Fsp3) is 0.0625. The van der Waals surface area contributed by atoms with Crippen molar-refractivity contribution in [2.24, 2.45) is 0 Å². The number of para-hydroxylation sites is 1. The fourth-order valence-corrected chi connectivity index (χ4v) is 2.62. The van der Waals surface area contributed by atoms with Gasteiger partial charge in [0, 0.05) is 24.0 Å². The van der Waals surface area contributed by atoms with Gasteiger partial charge in [0.1, 0.15) is 0 Å². The van der Waals surface area contributed by atoms with Crippen LogP contribution in [0.3, 0.4) is 0 Å². The van der Waals surface area contributed by atoms with Gasteiger partial charge < -0.3 is 9.88 Å². The van der Waals surface area contributed by atoms with Crippen molar-refractivity contribution in [3.8, 4) is 5.69 Å². The molecule has 3 aromatic rings. The van der Waals surface area contributed by atoms with Crippen molar-refractivity contribution in [3.05, 3.63) is 76.8 Å². The zero-order valence-electron chi connectivity index (χ0n) is 11.1. The summed E-state index contributed by atoms with van der Waals surface area (Å²) in [7, 11) is 0. The molecule has 1 aromatic heterocycles. The molecule has 0 aliphatic heterocycles. The second-order valence-corrected chi connectivity index (χ2v) is 5.37. The smallest absolute Gasteiger partial charge is 0.0992 e. The SMILES string of the molecule is Clc1ccccc1CNc1cccc(Cl)c1-n1ccnc1. The molecular weight excluding hydrogens is 305 g/mol. The Kier molecular flexibility index (Phi) is 4.13. The summed E-state index contributed by atoms with van der Waals surface area (Å²) in [5.41, 5.74) is 2.85. The monoisotopic (exact) mass is 317 g/mol. The Balaban J connectivity index is 1.90. The Morgan fingerprint density at radius 1 is 1.00 bits per heavy atom. The second kappa shape index (κ2) is 6.20. The predicted octanol–water partition coefficient (Wildman–Crippen LogP) is 4.79. The number of rotatable bonds is 4. The Morgan fingerprint density at radius 3 is 2.57 bits per heavy atom. The number of imidazole rings is 1. The minimum absolute atomic E-state index is 0.627. The molecule has 0 radical (unpaired) electrons. The third-order valence-electron chi connectivity index (χ3n) is 3.18. The van der Waals surface area contributed by atoms with Crippen LogP contribution in [0.1, 0.15) is 5.56 Å². The van der Waals surface area contributed by atoms with Gasteiger partial charge in [-0.2, -0.15) is 0 Å². The highest BCUT2D eigenvalue weighted by Crippen LogP contribution is 2.29. The Morgan fingerprint density at radius 2 is 1.81 bits per heavy atom. The lowest BCUT2D eigenvalue weighted by atomic mass is 10.2. The van der Waals surface area contributed by atoms with Crippen LogP contribution in [0.5, 0.6) is 0 Å². The second-order valence-electron chi connectivity index (χ2n) is 4.55. The number of hydrogen-bond acceptors (Lipinski definition) is 2. The molecule has 1 heterocycles. The van der Waals surface area contributed by atoms with Crippen LogP contribution in [0.25, 0.3) is 5.69 Å². The van der Waals surface area contributed by atoms with E-state index in [1.807, 2.05) is 53.2 Å². The van der Waals surface area contributed by atoms with Crippen molar-refractivity contribution in [3.63, 3.8) is 0 Å². The van der Waals surface area contributed by atoms with Crippen LogP contribution in [-0.2, 0) is 6.54 Å². The number of hydrogen-bond donors (Lipinski definition) is 1. The first-order valence-electron chi connectivity index (χ1n) is 6.50. The molecule has 106 valence electrons. The van der Waals surface area contributed by atoms with E-state index in [0.29, 0.717) is 11.6 Å². The summed E-state index contributed by atoms with van der Waals surface area (Å²) in [5, 5.41) is 4.79. The van der Waals surface area contributed by atoms with Crippen LogP contribution in [0, 0.1) is 0 Å². The summed E-state index contributed by atoms with van der Waals surface area (Å²) < 4.78 is 1.89. The van der Waals surface area contributed by atoms with E-state index in [4.69, 9.17) is 23.2 Å². The number of halogens is 2. The topological polar surface area (TPSA) is 29.9 Å². The molecule has 0 spiro atoms. The molecule has 3 nitrogen and oxygen atoms in total. The molecule has 0 atom stereocenters. The van der Waals surface area contributed by atoms with E-state index < -0.39 is 0 Å². The number of anilines is 1. The van der Waals surface area contributed by atoms with E-state index in [9.17, 15) is 0 Å². The van der Waals surface area contributed by atoms with Gasteiger partial charge in [-0.25, -0.2) is 4.98 Å². The molecule has 0 aliphatic carbocycles. The summed E-state index contributed by atoms with van der Waals surface area (Å²) in [6, 6.07) is 13.5. The minimum Gasteiger partial charge on any atom is -0.379 e. The molecule has 1 N–H and O–H groups in total. The first-order chi connectivity index (χ1) is 10.3. The van der Waals surface area contributed by atoms with E-state index >= 15 is 0 Å². The molecule has 3 rings (SSSR count). The van der Waals surface area contributed by atoms with Gasteiger partial charge in [-0.1, -0.05) is 47.5 Å². The zero-order chi connectivity index (χ0) is 14.7. The van der Waals surface area contributed by atoms with Crippen molar-refractivity contribution in [2.75, 3.05) is 5.32 Å². The molecule has 21 heavy (non-hydrogen) atoms. The van der Waals surface area contributed by atoms with Crippen molar-refractivity contribution < 1.29 is 0 Å². The molecule has 2 aromatic carbocycles. The van der Waals surface area contributed by atoms with Crippen molar-refractivity contribution in [2.45, 2.75) is 6.54 Å². The fourth-order valence-electron chi connectivity index (χ4n) is 2.14. The molecule has 0 amide bonds. The summed E-state index contributed by atoms with van der Waals surface area (Å²) in [6.45, 7) is 0.627. The number of nitrogens with one attached hydrogen (secondary N) is 1. The third kappa shape index (κ3) is 3.04. The largest absolute Gasteiger partial charge is 0.379 e. The summed E-state index contributed by atoms with van der Waals surface area (Å²) in [6.07, 6.45) is 5.31. The van der Waals surface area contributed by atoms with Gasteiger partial charge >= 0.3 is 0 Å². The highest BCUT2D eigenvalue weighted by atomic mass is 35.5. The first kappa shape index (κ1) is 14.0. The van der Waals surface area contributed by atoms with Gasteiger partial charge in [0.15, 0.2) is 0 Å². The Labute approximate surface area is 133 Å². The lowest BCUT2D eigenvalue weighted by molar-refractivity contribution is 1.04. The average molecular weight is 318 g/mol. The minimum atomic E-state index is 0.627. The summed E-state index contributed by atoms with van der Waals surface area (Å²) in [4.78, 5) is 4.07. The van der Waals surface area contributed by atoms with E-state index in [0.717, 1.165) is 22.0 Å². The number of aromatic nitrogens is 2. The standard InChI is InChI=1S/C16H13Cl2N3/c17-13-5-2-1-4-12(13)10-20-15-7-3-6-14(18)16(15)21-9-8-19-11-21/h1-9,11,20H,10H2. The zero-order valence-corrected chi connectivity index (χ0v) is 12.6. The van der Waals surface area contributed by atoms with Gasteiger partial charge in [0.2, 0.25) is 0 Å². The Hall–Kier alpha value is -1.97. The van der Waals surface area contributed by atoms with Crippen LogP contribution in [0.4, 0.5) is 5.69 Å². The molecule has 5 heteroatoms. The maximum Gasteiger partial charge on any atom is 0.0992 e. The normalized spacial score (nSPS) is 10.6. The molecule has 0 unspecified atom stereocenters. The highest BCUT2D eigenvalue weighted by molar-refractivity contribution is 6.33. The van der Waals surface area contributed by atoms with Gasteiger partial charge in [0.25, 0.3) is 0 Å². The maximum atomic E-state index is 6.32. The van der Waals surface area contributed by atoms with Crippen LogP contribution in [0.2, 0.25) is 10.0 Å². The highest BCUT2D eigenvalue weighted by Gasteiger charge is 2.09. The van der Waals surface area contributed by atoms with Crippen molar-refractivity contribution in [1.29, 1.82) is 0 Å². The van der Waals surface area contributed by atoms with Gasteiger partial charge in [-0.05, 0) is 23.8 Å². The summed E-state index contributed by atoms with van der Waals surface area (Å²) in [5.74, 6) is 0. The Bertz CT molecular complexity index is 739. The van der Waals surface area contributed by atoms with Gasteiger partial charge in [-0.3, -0.25) is 0 Å². The van der Waals surface area contributed by atoms with Gasteiger partial charge in [0.05, 0.1) is 22.7 Å². The predicted molar refractivity (Wildman–Crippen MR) is 87.4 cm³/mol. The van der Waals surface area contributed by atoms with Crippen LogP contribution in [-0.4, -0.2) is 9.55 Å². The third-order valence-corrected chi connectivity index (χ3v) is 3.85. The van der Waals surface area contributed by atoms with E-state index in [2.05, 4.69) is 10.3 Å². The molecule has 0 bridgehead atoms. The number of nitrogens with zero attached hydrogens (tertiary/aromatic N) is 2. The van der Waals surface area contributed by atoms with E-state index in [1.54, 1.807) is 12.5 Å². The average Bonchev–Trinajstić information content (AvgIpc) is 3.00. The van der Waals surface area contributed by atoms with Crippen molar-refractivity contribution >= 4 is 28.9 Å². The lowest BCUT2D eigenvalue weighted by Crippen LogP contribution is -2.04. The van der Waals surface area contributed by atoms with Crippen LogP contribution < -0.4 is 5.32 Å². The molecule has 0 fully saturated rings. The molecule has 0 saturated heterocycles. The number of benzene rings is 2. The van der Waals surface area contributed by atoms with E-state index in [1.165, 1.54) is 0 Å². The lowest BCUT2D eigenvalue weighted by Gasteiger charge is -2.14. The molecule has 0 aliphatic rings. The molecule has 0 saturated carbocycles. The maximum absolute atomic E-state index is 6.32. The quantitative estimate of drug-likeness (QED) is 0.749. The van der Waals surface area contributed by atoms with Crippen molar-refractivity contribution in [1.82, 2.24) is 9.55 Å².